The lowest BCUT2D eigenvalue weighted by atomic mass is 9.95. The van der Waals surface area contributed by atoms with Crippen LogP contribution in [0, 0.1) is 0 Å². The second-order valence-electron chi connectivity index (χ2n) is 4.78. The Morgan fingerprint density at radius 2 is 1.29 bits per heavy atom. The Hall–Kier alpha value is -1.40. The van der Waals surface area contributed by atoms with Gasteiger partial charge in [-0.05, 0) is 22.9 Å². The molecule has 0 saturated carbocycles. The lowest BCUT2D eigenvalue weighted by molar-refractivity contribution is 0.485. The summed E-state index contributed by atoms with van der Waals surface area (Å²) in [5, 5.41) is 0. The van der Waals surface area contributed by atoms with E-state index in [1.165, 1.54) is 0 Å². The standard InChI is InChI=1S/C15H17ClN2O2S/c1-21(19,20)18-15(13-10-6-3-7-11-13)14(17-16)12-8-4-2-5-9-12/h2-11,14-15,17-18H,1H3/t14-,15-/m0/s1. The highest BCUT2D eigenvalue weighted by molar-refractivity contribution is 7.88. The van der Waals surface area contributed by atoms with Crippen molar-refractivity contribution in [3.8, 4) is 0 Å². The van der Waals surface area contributed by atoms with Crippen molar-refractivity contribution in [3.63, 3.8) is 0 Å². The summed E-state index contributed by atoms with van der Waals surface area (Å²) in [5.74, 6) is 0. The maximum Gasteiger partial charge on any atom is 0.209 e. The first-order valence-electron chi connectivity index (χ1n) is 6.44. The number of sulfonamides is 1. The van der Waals surface area contributed by atoms with Gasteiger partial charge in [0.05, 0.1) is 18.3 Å². The second kappa shape index (κ2) is 7.04. The van der Waals surface area contributed by atoms with Crippen LogP contribution in [0.2, 0.25) is 0 Å². The molecule has 0 aromatic heterocycles. The molecule has 2 N–H and O–H groups in total. The summed E-state index contributed by atoms with van der Waals surface area (Å²) in [6.45, 7) is 0. The highest BCUT2D eigenvalue weighted by atomic mass is 35.5. The Labute approximate surface area is 130 Å². The molecule has 112 valence electrons. The van der Waals surface area contributed by atoms with Crippen molar-refractivity contribution in [1.29, 1.82) is 0 Å². The van der Waals surface area contributed by atoms with E-state index < -0.39 is 16.1 Å². The molecule has 0 heterocycles. The lowest BCUT2D eigenvalue weighted by Crippen LogP contribution is -2.35. The summed E-state index contributed by atoms with van der Waals surface area (Å²) in [4.78, 5) is 2.68. The van der Waals surface area contributed by atoms with E-state index in [1.807, 2.05) is 60.7 Å². The quantitative estimate of drug-likeness (QED) is 0.803. The number of rotatable bonds is 6. The normalized spacial score (nSPS) is 14.6. The molecule has 0 aliphatic heterocycles. The molecular formula is C15H17ClN2O2S. The molecule has 0 bridgehead atoms. The minimum Gasteiger partial charge on any atom is -0.224 e. The Kier molecular flexibility index (Phi) is 5.36. The van der Waals surface area contributed by atoms with E-state index in [4.69, 9.17) is 11.8 Å². The smallest absolute Gasteiger partial charge is 0.209 e. The third kappa shape index (κ3) is 4.54. The number of halogens is 1. The van der Waals surface area contributed by atoms with Crippen molar-refractivity contribution in [1.82, 2.24) is 9.56 Å². The molecule has 2 rings (SSSR count). The van der Waals surface area contributed by atoms with E-state index in [9.17, 15) is 8.42 Å². The van der Waals surface area contributed by atoms with Gasteiger partial charge in [-0.15, -0.1) is 0 Å². The summed E-state index contributed by atoms with van der Waals surface area (Å²) < 4.78 is 26.0. The molecule has 21 heavy (non-hydrogen) atoms. The van der Waals surface area contributed by atoms with Gasteiger partial charge in [0.2, 0.25) is 10.0 Å². The van der Waals surface area contributed by atoms with Gasteiger partial charge in [-0.1, -0.05) is 60.7 Å². The topological polar surface area (TPSA) is 58.2 Å². The molecule has 0 spiro atoms. The van der Waals surface area contributed by atoms with E-state index >= 15 is 0 Å². The highest BCUT2D eigenvalue weighted by Gasteiger charge is 2.26. The van der Waals surface area contributed by atoms with Crippen LogP contribution in [0.4, 0.5) is 0 Å². The van der Waals surface area contributed by atoms with Crippen LogP contribution in [0.5, 0.6) is 0 Å². The SMILES string of the molecule is CS(=O)(=O)N[C@@H](c1ccccc1)[C@@H](NCl)c1ccccc1. The summed E-state index contributed by atoms with van der Waals surface area (Å²) in [5.41, 5.74) is 1.74. The van der Waals surface area contributed by atoms with Crippen LogP contribution in [0.3, 0.4) is 0 Å². The molecule has 0 saturated heterocycles. The fourth-order valence-corrected chi connectivity index (χ4v) is 3.18. The number of benzene rings is 2. The van der Waals surface area contributed by atoms with E-state index in [0.29, 0.717) is 0 Å². The molecule has 0 radical (unpaired) electrons. The first-order valence-corrected chi connectivity index (χ1v) is 8.71. The van der Waals surface area contributed by atoms with E-state index in [2.05, 4.69) is 9.56 Å². The zero-order valence-corrected chi connectivity index (χ0v) is 13.1. The monoisotopic (exact) mass is 324 g/mol. The van der Waals surface area contributed by atoms with Gasteiger partial charge in [-0.25, -0.2) is 18.0 Å². The van der Waals surface area contributed by atoms with Crippen molar-refractivity contribution in [2.24, 2.45) is 0 Å². The van der Waals surface area contributed by atoms with Gasteiger partial charge in [-0.3, -0.25) is 0 Å². The molecule has 4 nitrogen and oxygen atoms in total. The molecule has 0 unspecified atom stereocenters. The minimum atomic E-state index is -3.38. The first kappa shape index (κ1) is 16.0. The predicted molar refractivity (Wildman–Crippen MR) is 85.3 cm³/mol. The third-order valence-corrected chi connectivity index (χ3v) is 4.03. The van der Waals surface area contributed by atoms with Crippen LogP contribution in [-0.2, 0) is 10.0 Å². The predicted octanol–water partition coefficient (Wildman–Crippen LogP) is 2.76. The van der Waals surface area contributed by atoms with Gasteiger partial charge < -0.3 is 0 Å². The van der Waals surface area contributed by atoms with Gasteiger partial charge >= 0.3 is 0 Å². The molecule has 2 aromatic rings. The third-order valence-electron chi connectivity index (χ3n) is 3.11. The molecular weight excluding hydrogens is 308 g/mol. The maximum absolute atomic E-state index is 11.7. The lowest BCUT2D eigenvalue weighted by Gasteiger charge is -2.27. The van der Waals surface area contributed by atoms with E-state index in [1.54, 1.807) is 0 Å². The average molecular weight is 325 g/mol. The van der Waals surface area contributed by atoms with Crippen molar-refractivity contribution < 1.29 is 8.42 Å². The summed E-state index contributed by atoms with van der Waals surface area (Å²) in [7, 11) is -3.38. The molecule has 0 aliphatic carbocycles. The Balaban J connectivity index is 2.43. The largest absolute Gasteiger partial charge is 0.224 e. The Morgan fingerprint density at radius 3 is 1.67 bits per heavy atom. The maximum atomic E-state index is 11.7. The Bertz CT molecular complexity index is 663. The molecule has 0 amide bonds. The van der Waals surface area contributed by atoms with Gasteiger partial charge in [-0.2, -0.15) is 0 Å². The van der Waals surface area contributed by atoms with Crippen LogP contribution < -0.4 is 9.56 Å². The molecule has 0 fully saturated rings. The summed E-state index contributed by atoms with van der Waals surface area (Å²) in [6, 6.07) is 17.9. The zero-order chi connectivity index (χ0) is 15.3. The van der Waals surface area contributed by atoms with Crippen molar-refractivity contribution >= 4 is 21.8 Å². The van der Waals surface area contributed by atoms with E-state index in [-0.39, 0.29) is 6.04 Å². The van der Waals surface area contributed by atoms with Crippen LogP contribution in [0.1, 0.15) is 23.2 Å². The molecule has 2 atom stereocenters. The zero-order valence-electron chi connectivity index (χ0n) is 11.5. The van der Waals surface area contributed by atoms with Gasteiger partial charge in [0.15, 0.2) is 0 Å². The van der Waals surface area contributed by atoms with Crippen LogP contribution in [0.25, 0.3) is 0 Å². The van der Waals surface area contributed by atoms with Crippen LogP contribution in [0.15, 0.2) is 60.7 Å². The van der Waals surface area contributed by atoms with Gasteiger partial charge in [0.1, 0.15) is 0 Å². The average Bonchev–Trinajstić information content (AvgIpc) is 2.48. The fourth-order valence-electron chi connectivity index (χ4n) is 2.20. The van der Waals surface area contributed by atoms with Gasteiger partial charge in [0, 0.05) is 0 Å². The summed E-state index contributed by atoms with van der Waals surface area (Å²) >= 11 is 5.89. The van der Waals surface area contributed by atoms with Crippen molar-refractivity contribution in [2.75, 3.05) is 6.26 Å². The molecule has 6 heteroatoms. The number of hydrogen-bond donors (Lipinski definition) is 2. The van der Waals surface area contributed by atoms with Gasteiger partial charge in [0.25, 0.3) is 0 Å². The Morgan fingerprint density at radius 1 is 0.857 bits per heavy atom. The van der Waals surface area contributed by atoms with Crippen molar-refractivity contribution in [2.45, 2.75) is 12.1 Å². The minimum absolute atomic E-state index is 0.384. The molecule has 0 aliphatic rings. The fraction of sp³-hybridized carbons (Fsp3) is 0.200. The molecule has 2 aromatic carbocycles. The second-order valence-corrected chi connectivity index (χ2v) is 6.77. The number of nitrogens with one attached hydrogen (secondary N) is 2. The number of hydrogen-bond acceptors (Lipinski definition) is 3. The van der Waals surface area contributed by atoms with Crippen molar-refractivity contribution in [3.05, 3.63) is 71.8 Å². The summed E-state index contributed by atoms with van der Waals surface area (Å²) in [6.07, 6.45) is 1.14. The van der Waals surface area contributed by atoms with Crippen LogP contribution >= 0.6 is 11.8 Å². The highest BCUT2D eigenvalue weighted by Crippen LogP contribution is 2.29. The van der Waals surface area contributed by atoms with Crippen LogP contribution in [-0.4, -0.2) is 14.7 Å². The van der Waals surface area contributed by atoms with E-state index in [0.717, 1.165) is 17.4 Å². The first-order chi connectivity index (χ1) is 10.0.